The molecule has 0 radical (unpaired) electrons. The van der Waals surface area contributed by atoms with Gasteiger partial charge in [0.05, 0.1) is 13.2 Å². The van der Waals surface area contributed by atoms with Crippen molar-refractivity contribution in [3.63, 3.8) is 0 Å². The molecule has 1 N–H and O–H groups in total. The standard InChI is InChI=1S/C7H13NO2/c1-2-7-9-3-5-6(8-5)4-10-7/h5-8H,2-4H2,1H3. The average Bonchev–Trinajstić information content (AvgIpc) is 2.63. The molecule has 0 saturated carbocycles. The van der Waals surface area contributed by atoms with Crippen LogP contribution < -0.4 is 5.32 Å². The zero-order chi connectivity index (χ0) is 6.97. The molecule has 0 bridgehead atoms. The van der Waals surface area contributed by atoms with E-state index in [-0.39, 0.29) is 6.29 Å². The minimum atomic E-state index is 0.0506. The van der Waals surface area contributed by atoms with Crippen LogP contribution in [0, 0.1) is 0 Å². The predicted octanol–water partition coefficient (Wildman–Crippen LogP) is 0.110. The molecule has 3 heteroatoms. The number of nitrogens with one attached hydrogen (secondary N) is 1. The van der Waals surface area contributed by atoms with E-state index in [1.165, 1.54) is 0 Å². The van der Waals surface area contributed by atoms with Crippen LogP contribution in [-0.2, 0) is 9.47 Å². The third-order valence-corrected chi connectivity index (χ3v) is 2.06. The van der Waals surface area contributed by atoms with Gasteiger partial charge in [0, 0.05) is 12.1 Å². The van der Waals surface area contributed by atoms with E-state index < -0.39 is 0 Å². The molecule has 0 aliphatic carbocycles. The molecule has 0 spiro atoms. The van der Waals surface area contributed by atoms with E-state index in [1.807, 2.05) is 0 Å². The first-order valence-corrected chi connectivity index (χ1v) is 3.89. The molecule has 58 valence electrons. The molecule has 2 unspecified atom stereocenters. The highest BCUT2D eigenvalue weighted by molar-refractivity contribution is 4.98. The summed E-state index contributed by atoms with van der Waals surface area (Å²) in [6.07, 6.45) is 1.01. The molecule has 0 aromatic heterocycles. The molecular formula is C7H13NO2. The van der Waals surface area contributed by atoms with Crippen LogP contribution in [-0.4, -0.2) is 31.6 Å². The highest BCUT2D eigenvalue weighted by Crippen LogP contribution is 2.18. The van der Waals surface area contributed by atoms with E-state index >= 15 is 0 Å². The van der Waals surface area contributed by atoms with Crippen molar-refractivity contribution in [2.45, 2.75) is 31.7 Å². The van der Waals surface area contributed by atoms with Crippen LogP contribution in [0.1, 0.15) is 13.3 Å². The Morgan fingerprint density at radius 1 is 1.30 bits per heavy atom. The summed E-state index contributed by atoms with van der Waals surface area (Å²) in [6, 6.07) is 1.16. The first kappa shape index (κ1) is 6.58. The lowest BCUT2D eigenvalue weighted by Gasteiger charge is -2.13. The minimum Gasteiger partial charge on any atom is -0.351 e. The number of fused-ring (bicyclic) bond motifs is 1. The van der Waals surface area contributed by atoms with Gasteiger partial charge in [0.2, 0.25) is 0 Å². The summed E-state index contributed by atoms with van der Waals surface area (Å²) in [5.41, 5.74) is 0. The first-order valence-electron chi connectivity index (χ1n) is 3.89. The Hall–Kier alpha value is -0.120. The fourth-order valence-electron chi connectivity index (χ4n) is 1.25. The molecule has 2 rings (SSSR count). The normalized spacial score (nSPS) is 45.9. The van der Waals surface area contributed by atoms with Crippen LogP contribution in [0.2, 0.25) is 0 Å². The third kappa shape index (κ3) is 1.17. The van der Waals surface area contributed by atoms with Crippen molar-refractivity contribution >= 4 is 0 Å². The summed E-state index contributed by atoms with van der Waals surface area (Å²) >= 11 is 0. The second-order valence-corrected chi connectivity index (χ2v) is 2.88. The lowest BCUT2D eigenvalue weighted by molar-refractivity contribution is -0.132. The van der Waals surface area contributed by atoms with Gasteiger partial charge in [0.1, 0.15) is 0 Å². The van der Waals surface area contributed by atoms with Gasteiger partial charge in [-0.3, -0.25) is 0 Å². The van der Waals surface area contributed by atoms with Crippen LogP contribution in [0.3, 0.4) is 0 Å². The Balaban J connectivity index is 1.84. The molecule has 2 aliphatic heterocycles. The Kier molecular flexibility index (Phi) is 1.64. The van der Waals surface area contributed by atoms with Crippen molar-refractivity contribution in [1.29, 1.82) is 0 Å². The molecule has 2 atom stereocenters. The van der Waals surface area contributed by atoms with Crippen LogP contribution in [0.4, 0.5) is 0 Å². The fraction of sp³-hybridized carbons (Fsp3) is 1.00. The zero-order valence-electron chi connectivity index (χ0n) is 6.17. The largest absolute Gasteiger partial charge is 0.351 e. The van der Waals surface area contributed by atoms with Gasteiger partial charge in [-0.1, -0.05) is 6.92 Å². The third-order valence-electron chi connectivity index (χ3n) is 2.06. The Labute approximate surface area is 60.7 Å². The average molecular weight is 143 g/mol. The van der Waals surface area contributed by atoms with Gasteiger partial charge in [0.15, 0.2) is 6.29 Å². The molecule has 2 heterocycles. The van der Waals surface area contributed by atoms with Gasteiger partial charge >= 0.3 is 0 Å². The first-order chi connectivity index (χ1) is 4.90. The second kappa shape index (κ2) is 2.49. The van der Waals surface area contributed by atoms with Crippen LogP contribution in [0.5, 0.6) is 0 Å². The molecule has 0 aromatic carbocycles. The van der Waals surface area contributed by atoms with E-state index in [0.29, 0.717) is 12.1 Å². The Bertz CT molecular complexity index is 117. The number of hydrogen-bond acceptors (Lipinski definition) is 3. The summed E-state index contributed by atoms with van der Waals surface area (Å²) < 4.78 is 10.8. The van der Waals surface area contributed by atoms with Crippen molar-refractivity contribution in [2.24, 2.45) is 0 Å². The lowest BCUT2D eigenvalue weighted by atomic mass is 10.3. The van der Waals surface area contributed by atoms with Crippen LogP contribution in [0.15, 0.2) is 0 Å². The number of hydrogen-bond donors (Lipinski definition) is 1. The smallest absolute Gasteiger partial charge is 0.157 e. The number of rotatable bonds is 1. The van der Waals surface area contributed by atoms with E-state index in [1.54, 1.807) is 0 Å². The van der Waals surface area contributed by atoms with Gasteiger partial charge in [-0.15, -0.1) is 0 Å². The molecule has 2 fully saturated rings. The maximum absolute atomic E-state index is 5.42. The summed E-state index contributed by atoms with van der Waals surface area (Å²) in [5.74, 6) is 0. The Morgan fingerprint density at radius 2 is 1.90 bits per heavy atom. The van der Waals surface area contributed by atoms with E-state index in [9.17, 15) is 0 Å². The van der Waals surface area contributed by atoms with Crippen molar-refractivity contribution in [1.82, 2.24) is 5.32 Å². The lowest BCUT2D eigenvalue weighted by Crippen LogP contribution is -2.18. The van der Waals surface area contributed by atoms with Gasteiger partial charge in [-0.2, -0.15) is 0 Å². The van der Waals surface area contributed by atoms with E-state index in [0.717, 1.165) is 19.6 Å². The second-order valence-electron chi connectivity index (χ2n) is 2.88. The number of ether oxygens (including phenoxy) is 2. The molecule has 10 heavy (non-hydrogen) atoms. The zero-order valence-corrected chi connectivity index (χ0v) is 6.17. The highest BCUT2D eigenvalue weighted by atomic mass is 16.7. The van der Waals surface area contributed by atoms with Crippen molar-refractivity contribution < 1.29 is 9.47 Å². The molecule has 2 aliphatic rings. The highest BCUT2D eigenvalue weighted by Gasteiger charge is 2.39. The van der Waals surface area contributed by atoms with Gasteiger partial charge < -0.3 is 14.8 Å². The molecular weight excluding hydrogens is 130 g/mol. The van der Waals surface area contributed by atoms with Crippen LogP contribution >= 0.6 is 0 Å². The van der Waals surface area contributed by atoms with Crippen molar-refractivity contribution in [3.05, 3.63) is 0 Å². The summed E-state index contributed by atoms with van der Waals surface area (Å²) in [6.45, 7) is 3.72. The quantitative estimate of drug-likeness (QED) is 0.530. The monoisotopic (exact) mass is 143 g/mol. The topological polar surface area (TPSA) is 40.4 Å². The minimum absolute atomic E-state index is 0.0506. The fourth-order valence-corrected chi connectivity index (χ4v) is 1.25. The van der Waals surface area contributed by atoms with Crippen molar-refractivity contribution in [2.75, 3.05) is 13.2 Å². The maximum Gasteiger partial charge on any atom is 0.157 e. The summed E-state index contributed by atoms with van der Waals surface area (Å²) in [7, 11) is 0. The molecule has 0 aromatic rings. The van der Waals surface area contributed by atoms with Gasteiger partial charge in [0.25, 0.3) is 0 Å². The van der Waals surface area contributed by atoms with E-state index in [4.69, 9.17) is 9.47 Å². The molecule has 3 nitrogen and oxygen atoms in total. The summed E-state index contributed by atoms with van der Waals surface area (Å²) in [5, 5.41) is 3.27. The van der Waals surface area contributed by atoms with Gasteiger partial charge in [-0.25, -0.2) is 0 Å². The maximum atomic E-state index is 5.42. The predicted molar refractivity (Wildman–Crippen MR) is 36.7 cm³/mol. The van der Waals surface area contributed by atoms with Crippen LogP contribution in [0.25, 0.3) is 0 Å². The van der Waals surface area contributed by atoms with Crippen molar-refractivity contribution in [3.8, 4) is 0 Å². The Morgan fingerprint density at radius 3 is 2.40 bits per heavy atom. The molecule has 2 saturated heterocycles. The summed E-state index contributed by atoms with van der Waals surface area (Å²) in [4.78, 5) is 0. The van der Waals surface area contributed by atoms with Gasteiger partial charge in [-0.05, 0) is 6.42 Å². The SMILES string of the molecule is CCC1OCC2NC2CO1. The van der Waals surface area contributed by atoms with E-state index in [2.05, 4.69) is 12.2 Å². The molecule has 0 amide bonds.